The molecule has 0 bridgehead atoms. The van der Waals surface area contributed by atoms with Crippen LogP contribution in [0.1, 0.15) is 18.0 Å². The second kappa shape index (κ2) is 8.51. The number of aromatic nitrogens is 4. The van der Waals surface area contributed by atoms with Crippen LogP contribution in [0.5, 0.6) is 0 Å². The maximum absolute atomic E-state index is 12.9. The monoisotopic (exact) mass is 480 g/mol. The Hall–Kier alpha value is -2.59. The first-order valence-electron chi connectivity index (χ1n) is 9.49. The molecule has 0 saturated carbocycles. The molecule has 0 radical (unpaired) electrons. The average molecular weight is 481 g/mol. The zero-order valence-corrected chi connectivity index (χ0v) is 19.6. The lowest BCUT2D eigenvalue weighted by atomic mass is 10.1. The average Bonchev–Trinajstić information content (AvgIpc) is 3.38. The first kappa shape index (κ1) is 20.3. The Kier molecular flexibility index (Phi) is 5.58. The Bertz CT molecular complexity index is 1470. The van der Waals surface area contributed by atoms with E-state index in [4.69, 9.17) is 17.2 Å². The summed E-state index contributed by atoms with van der Waals surface area (Å²) >= 11 is 9.97. The Morgan fingerprint density at radius 2 is 1.81 bits per heavy atom. The van der Waals surface area contributed by atoms with Crippen molar-refractivity contribution in [1.82, 2.24) is 19.7 Å². The number of para-hydroxylation sites is 1. The highest BCUT2D eigenvalue weighted by molar-refractivity contribution is 8.01. The molecule has 5 rings (SSSR count). The van der Waals surface area contributed by atoms with Gasteiger partial charge in [-0.2, -0.15) is 0 Å². The number of H-pyrrole nitrogens is 1. The number of benzene rings is 2. The molecule has 154 valence electrons. The van der Waals surface area contributed by atoms with E-state index in [2.05, 4.69) is 10.1 Å². The summed E-state index contributed by atoms with van der Waals surface area (Å²) in [6.07, 6.45) is 0. The van der Waals surface area contributed by atoms with Crippen LogP contribution in [0.3, 0.4) is 0 Å². The Morgan fingerprint density at radius 3 is 2.55 bits per heavy atom. The number of hydrogen-bond donors (Lipinski definition) is 1. The molecule has 0 spiro atoms. The lowest BCUT2D eigenvalue weighted by Gasteiger charge is -2.08. The predicted octanol–water partition coefficient (Wildman–Crippen LogP) is 6.48. The van der Waals surface area contributed by atoms with Crippen molar-refractivity contribution >= 4 is 56.9 Å². The molecule has 1 atom stereocenters. The van der Waals surface area contributed by atoms with Gasteiger partial charge in [-0.05, 0) is 36.8 Å². The zero-order chi connectivity index (χ0) is 21.4. The van der Waals surface area contributed by atoms with Crippen LogP contribution in [0.25, 0.3) is 27.0 Å². The lowest BCUT2D eigenvalue weighted by molar-refractivity contribution is 0.825. The third-order valence-corrected chi connectivity index (χ3v) is 8.04. The fourth-order valence-electron chi connectivity index (χ4n) is 3.24. The third kappa shape index (κ3) is 4.01. The molecule has 3 heterocycles. The second-order valence-corrected chi connectivity index (χ2v) is 10.9. The molecule has 31 heavy (non-hydrogen) atoms. The van der Waals surface area contributed by atoms with Crippen molar-refractivity contribution in [2.75, 3.05) is 0 Å². The highest BCUT2D eigenvalue weighted by atomic mass is 32.2. The fourth-order valence-corrected chi connectivity index (χ4v) is 6.75. The molecular formula is C22H16N4OS4. The van der Waals surface area contributed by atoms with E-state index in [1.54, 1.807) is 4.68 Å². The van der Waals surface area contributed by atoms with Crippen molar-refractivity contribution in [2.45, 2.75) is 16.5 Å². The van der Waals surface area contributed by atoms with Gasteiger partial charge in [0.05, 0.1) is 16.3 Å². The smallest absolute Gasteiger partial charge is 0.260 e. The second-order valence-electron chi connectivity index (χ2n) is 6.79. The van der Waals surface area contributed by atoms with Crippen LogP contribution in [0.2, 0.25) is 0 Å². The molecule has 0 fully saturated rings. The van der Waals surface area contributed by atoms with Gasteiger partial charge in [-0.3, -0.25) is 4.79 Å². The maximum Gasteiger partial charge on any atom is 0.260 e. The molecule has 0 saturated heterocycles. The van der Waals surface area contributed by atoms with E-state index in [0.29, 0.717) is 15.2 Å². The number of thiophene rings is 1. The summed E-state index contributed by atoms with van der Waals surface area (Å²) in [6, 6.07) is 19.7. The minimum atomic E-state index is -0.116. The van der Waals surface area contributed by atoms with Crippen LogP contribution in [0.4, 0.5) is 0 Å². The molecule has 1 N–H and O–H groups in total. The van der Waals surface area contributed by atoms with Crippen molar-refractivity contribution in [3.8, 4) is 16.8 Å². The number of fused-ring (bicyclic) bond motifs is 1. The van der Waals surface area contributed by atoms with E-state index in [9.17, 15) is 4.79 Å². The Balaban J connectivity index is 1.45. The predicted molar refractivity (Wildman–Crippen MR) is 132 cm³/mol. The molecule has 1 unspecified atom stereocenters. The van der Waals surface area contributed by atoms with Crippen LogP contribution in [0, 0.1) is 3.95 Å². The Labute approximate surface area is 195 Å². The number of hydrogen-bond acceptors (Lipinski definition) is 7. The van der Waals surface area contributed by atoms with E-state index in [1.807, 2.05) is 73.0 Å². The van der Waals surface area contributed by atoms with E-state index >= 15 is 0 Å². The minimum absolute atomic E-state index is 0.0795. The van der Waals surface area contributed by atoms with Crippen molar-refractivity contribution < 1.29 is 0 Å². The summed E-state index contributed by atoms with van der Waals surface area (Å²) in [6.45, 7) is 2.01. The zero-order valence-electron chi connectivity index (χ0n) is 16.3. The number of aromatic amines is 1. The van der Waals surface area contributed by atoms with Gasteiger partial charge in [0, 0.05) is 10.9 Å². The SMILES string of the molecule is CC(Sc1nn(-c2ccccc2)c(=S)s1)c1nc2scc(-c3ccccc3)c2c(=O)[nH]1. The van der Waals surface area contributed by atoms with Crippen molar-refractivity contribution in [2.24, 2.45) is 0 Å². The molecule has 0 amide bonds. The summed E-state index contributed by atoms with van der Waals surface area (Å²) in [7, 11) is 0. The molecule has 2 aromatic carbocycles. The van der Waals surface area contributed by atoms with E-state index in [0.717, 1.165) is 26.0 Å². The van der Waals surface area contributed by atoms with Gasteiger partial charge in [0.25, 0.3) is 5.56 Å². The molecular weight excluding hydrogens is 465 g/mol. The highest BCUT2D eigenvalue weighted by Gasteiger charge is 2.18. The molecule has 5 nitrogen and oxygen atoms in total. The number of nitrogens with zero attached hydrogens (tertiary/aromatic N) is 3. The molecule has 3 aromatic heterocycles. The van der Waals surface area contributed by atoms with E-state index in [1.165, 1.54) is 34.4 Å². The number of nitrogens with one attached hydrogen (secondary N) is 1. The van der Waals surface area contributed by atoms with Gasteiger partial charge in [0.2, 0.25) is 0 Å². The fraction of sp³-hybridized carbons (Fsp3) is 0.0909. The summed E-state index contributed by atoms with van der Waals surface area (Å²) in [5, 5.41) is 7.21. The third-order valence-electron chi connectivity index (χ3n) is 4.74. The van der Waals surface area contributed by atoms with Gasteiger partial charge in [-0.25, -0.2) is 9.67 Å². The molecule has 9 heteroatoms. The summed E-state index contributed by atoms with van der Waals surface area (Å²) in [4.78, 5) is 21.4. The summed E-state index contributed by atoms with van der Waals surface area (Å²) < 4.78 is 3.28. The van der Waals surface area contributed by atoms with Gasteiger partial charge in [0.15, 0.2) is 8.29 Å². The van der Waals surface area contributed by atoms with Gasteiger partial charge in [-0.15, -0.1) is 16.4 Å². The Morgan fingerprint density at radius 1 is 1.10 bits per heavy atom. The van der Waals surface area contributed by atoms with Crippen LogP contribution < -0.4 is 5.56 Å². The quantitative estimate of drug-likeness (QED) is 0.230. The van der Waals surface area contributed by atoms with Crippen LogP contribution >= 0.6 is 46.7 Å². The van der Waals surface area contributed by atoms with Crippen molar-refractivity contribution in [3.63, 3.8) is 0 Å². The van der Waals surface area contributed by atoms with Gasteiger partial charge in [0.1, 0.15) is 10.7 Å². The molecule has 0 aliphatic heterocycles. The van der Waals surface area contributed by atoms with E-state index < -0.39 is 0 Å². The van der Waals surface area contributed by atoms with Gasteiger partial charge < -0.3 is 4.98 Å². The largest absolute Gasteiger partial charge is 0.309 e. The normalized spacial score (nSPS) is 12.3. The lowest BCUT2D eigenvalue weighted by Crippen LogP contribution is -2.12. The maximum atomic E-state index is 12.9. The van der Waals surface area contributed by atoms with Crippen LogP contribution in [-0.2, 0) is 0 Å². The van der Waals surface area contributed by atoms with Crippen molar-refractivity contribution in [3.05, 3.63) is 86.2 Å². The van der Waals surface area contributed by atoms with E-state index in [-0.39, 0.29) is 10.8 Å². The standard InChI is InChI=1S/C22H16N4OS4/c1-13(30-21-25-26(22(28)31-21)15-10-6-3-7-11-15)18-23-19(27)17-16(12-29-20(17)24-18)14-8-4-2-5-9-14/h2-13H,1H3,(H,23,24,27). The number of thioether (sulfide) groups is 1. The molecule has 0 aliphatic carbocycles. The van der Waals surface area contributed by atoms with Crippen LogP contribution in [0.15, 0.2) is 75.2 Å². The minimum Gasteiger partial charge on any atom is -0.309 e. The first-order chi connectivity index (χ1) is 15.1. The molecule has 5 aromatic rings. The summed E-state index contributed by atoms with van der Waals surface area (Å²) in [5.41, 5.74) is 2.75. The first-order valence-corrected chi connectivity index (χ1v) is 12.5. The highest BCUT2D eigenvalue weighted by Crippen LogP contribution is 2.37. The number of rotatable bonds is 5. The molecule has 0 aliphatic rings. The summed E-state index contributed by atoms with van der Waals surface area (Å²) in [5.74, 6) is 0.636. The topological polar surface area (TPSA) is 63.6 Å². The van der Waals surface area contributed by atoms with Gasteiger partial charge in [-0.1, -0.05) is 71.6 Å². The van der Waals surface area contributed by atoms with Crippen molar-refractivity contribution in [1.29, 1.82) is 0 Å². The van der Waals surface area contributed by atoms with Gasteiger partial charge >= 0.3 is 0 Å². The van der Waals surface area contributed by atoms with Crippen LogP contribution in [-0.4, -0.2) is 19.7 Å².